The molecular formula is C21H29N3O6S. The van der Waals surface area contributed by atoms with E-state index in [0.717, 1.165) is 10.9 Å². The summed E-state index contributed by atoms with van der Waals surface area (Å²) in [6, 6.07) is 6.93. The van der Waals surface area contributed by atoms with Gasteiger partial charge in [0.15, 0.2) is 0 Å². The summed E-state index contributed by atoms with van der Waals surface area (Å²) in [6.07, 6.45) is -0.229. The summed E-state index contributed by atoms with van der Waals surface area (Å²) in [4.78, 5) is 14.2. The van der Waals surface area contributed by atoms with Crippen LogP contribution in [0.3, 0.4) is 0 Å². The summed E-state index contributed by atoms with van der Waals surface area (Å²) in [5.41, 5.74) is 0.937. The van der Waals surface area contributed by atoms with E-state index in [1.54, 1.807) is 17.5 Å². The Morgan fingerprint density at radius 2 is 1.71 bits per heavy atom. The maximum absolute atomic E-state index is 13.1. The molecule has 31 heavy (non-hydrogen) atoms. The Kier molecular flexibility index (Phi) is 6.36. The van der Waals surface area contributed by atoms with E-state index >= 15 is 0 Å². The second-order valence-electron chi connectivity index (χ2n) is 8.21. The number of nitrogens with zero attached hydrogens (tertiary/aromatic N) is 3. The molecule has 170 valence electrons. The van der Waals surface area contributed by atoms with Gasteiger partial charge in [0, 0.05) is 63.3 Å². The molecule has 2 fully saturated rings. The molecule has 2 aromatic rings. The van der Waals surface area contributed by atoms with E-state index in [4.69, 9.17) is 13.9 Å². The predicted octanol–water partition coefficient (Wildman–Crippen LogP) is 1.27. The van der Waals surface area contributed by atoms with Gasteiger partial charge in [0.1, 0.15) is 11.3 Å². The number of hydrogen-bond acceptors (Lipinski definition) is 7. The lowest BCUT2D eigenvalue weighted by Gasteiger charge is -2.40. The van der Waals surface area contributed by atoms with Crippen LogP contribution in [0.15, 0.2) is 33.5 Å². The molecule has 0 aliphatic carbocycles. The maximum Gasteiger partial charge on any atom is 0.336 e. The van der Waals surface area contributed by atoms with Crippen LogP contribution < -0.4 is 10.4 Å². The zero-order valence-electron chi connectivity index (χ0n) is 18.1. The third-order valence-corrected chi connectivity index (χ3v) is 7.77. The van der Waals surface area contributed by atoms with Crippen LogP contribution in [0.25, 0.3) is 11.0 Å². The number of piperazine rings is 1. The molecule has 10 heteroatoms. The van der Waals surface area contributed by atoms with E-state index in [1.165, 1.54) is 10.4 Å². The molecule has 1 aromatic heterocycles. The van der Waals surface area contributed by atoms with Crippen LogP contribution in [0.2, 0.25) is 0 Å². The largest absolute Gasteiger partial charge is 0.497 e. The minimum atomic E-state index is -3.52. The van der Waals surface area contributed by atoms with Gasteiger partial charge in [-0.1, -0.05) is 0 Å². The average Bonchev–Trinajstić information content (AvgIpc) is 2.73. The minimum absolute atomic E-state index is 0.114. The van der Waals surface area contributed by atoms with Crippen molar-refractivity contribution in [3.05, 3.63) is 40.2 Å². The van der Waals surface area contributed by atoms with Crippen molar-refractivity contribution < 1.29 is 22.3 Å². The van der Waals surface area contributed by atoms with E-state index in [2.05, 4.69) is 4.90 Å². The molecule has 1 aromatic carbocycles. The van der Waals surface area contributed by atoms with E-state index in [1.807, 2.05) is 26.0 Å². The highest BCUT2D eigenvalue weighted by molar-refractivity contribution is 7.86. The predicted molar refractivity (Wildman–Crippen MR) is 116 cm³/mol. The smallest absolute Gasteiger partial charge is 0.336 e. The third kappa shape index (κ3) is 4.78. The summed E-state index contributed by atoms with van der Waals surface area (Å²) >= 11 is 0. The number of hydrogen-bond donors (Lipinski definition) is 0. The highest BCUT2D eigenvalue weighted by Crippen LogP contribution is 2.24. The van der Waals surface area contributed by atoms with Crippen LogP contribution in [0.1, 0.15) is 19.4 Å². The standard InChI is InChI=1S/C21H29N3O6S/c1-15-12-24(13-16(2)29-15)31(26,27)23-8-6-22(7-9-23)14-17-10-21(25)30-20-11-18(28-3)4-5-19(17)20/h4-5,10-11,15-16H,6-9,12-14H2,1-3H3. The lowest BCUT2D eigenvalue weighted by molar-refractivity contribution is -0.0457. The molecule has 0 N–H and O–H groups in total. The second-order valence-corrected chi connectivity index (χ2v) is 10.1. The monoisotopic (exact) mass is 451 g/mol. The van der Waals surface area contributed by atoms with Gasteiger partial charge in [0.2, 0.25) is 0 Å². The Bertz CT molecular complexity index is 1080. The summed E-state index contributed by atoms with van der Waals surface area (Å²) in [7, 11) is -1.95. The van der Waals surface area contributed by atoms with Gasteiger partial charge in [-0.25, -0.2) is 4.79 Å². The topological polar surface area (TPSA) is 92.5 Å². The molecule has 2 aliphatic rings. The molecule has 2 aliphatic heterocycles. The number of benzene rings is 1. The van der Waals surface area contributed by atoms with Crippen molar-refractivity contribution in [2.24, 2.45) is 0 Å². The summed E-state index contributed by atoms with van der Waals surface area (Å²) in [5.74, 6) is 0.623. The van der Waals surface area contributed by atoms with Crippen molar-refractivity contribution in [3.63, 3.8) is 0 Å². The van der Waals surface area contributed by atoms with Gasteiger partial charge in [0.25, 0.3) is 10.2 Å². The van der Waals surface area contributed by atoms with Crippen molar-refractivity contribution in [2.45, 2.75) is 32.6 Å². The molecule has 0 spiro atoms. The summed E-state index contributed by atoms with van der Waals surface area (Å²) in [5, 5.41) is 0.853. The third-order valence-electron chi connectivity index (χ3n) is 5.80. The fourth-order valence-corrected chi connectivity index (χ4v) is 6.06. The van der Waals surface area contributed by atoms with Gasteiger partial charge >= 0.3 is 5.63 Å². The quantitative estimate of drug-likeness (QED) is 0.632. The summed E-state index contributed by atoms with van der Waals surface area (Å²) < 4.78 is 45.5. The Labute approximate surface area is 182 Å². The normalized spacial score (nSPS) is 24.5. The molecule has 2 atom stereocenters. The number of fused-ring (bicyclic) bond motifs is 1. The average molecular weight is 452 g/mol. The molecule has 0 radical (unpaired) electrons. The van der Waals surface area contributed by atoms with Crippen molar-refractivity contribution >= 4 is 21.2 Å². The zero-order chi connectivity index (χ0) is 22.2. The molecule has 2 unspecified atom stereocenters. The van der Waals surface area contributed by atoms with Crippen molar-refractivity contribution in [3.8, 4) is 5.75 Å². The molecule has 0 saturated carbocycles. The van der Waals surface area contributed by atoms with Gasteiger partial charge in [0.05, 0.1) is 19.3 Å². The van der Waals surface area contributed by atoms with E-state index in [-0.39, 0.29) is 12.2 Å². The molecule has 9 nitrogen and oxygen atoms in total. The lowest BCUT2D eigenvalue weighted by atomic mass is 10.1. The van der Waals surface area contributed by atoms with Crippen molar-refractivity contribution in [1.82, 2.24) is 13.5 Å². The minimum Gasteiger partial charge on any atom is -0.497 e. The van der Waals surface area contributed by atoms with Crippen LogP contribution in [0, 0.1) is 0 Å². The van der Waals surface area contributed by atoms with Gasteiger partial charge < -0.3 is 13.9 Å². The molecule has 2 saturated heterocycles. The molecule has 3 heterocycles. The fourth-order valence-electron chi connectivity index (χ4n) is 4.31. The van der Waals surface area contributed by atoms with Crippen molar-refractivity contribution in [2.75, 3.05) is 46.4 Å². The molecule has 0 amide bonds. The second kappa shape index (κ2) is 8.87. The zero-order valence-corrected chi connectivity index (χ0v) is 18.9. The highest BCUT2D eigenvalue weighted by atomic mass is 32.2. The highest BCUT2D eigenvalue weighted by Gasteiger charge is 2.36. The number of morpholine rings is 1. The Morgan fingerprint density at radius 3 is 2.35 bits per heavy atom. The van der Waals surface area contributed by atoms with Gasteiger partial charge in [-0.2, -0.15) is 17.0 Å². The Balaban J connectivity index is 1.44. The molecular weight excluding hydrogens is 422 g/mol. The van der Waals surface area contributed by atoms with E-state index < -0.39 is 15.8 Å². The van der Waals surface area contributed by atoms with Crippen LogP contribution in [-0.4, -0.2) is 80.5 Å². The number of ether oxygens (including phenoxy) is 2. The summed E-state index contributed by atoms with van der Waals surface area (Å²) in [6.45, 7) is 7.10. The Hall–Kier alpha value is -1.98. The van der Waals surface area contributed by atoms with Crippen LogP contribution in [0.4, 0.5) is 0 Å². The van der Waals surface area contributed by atoms with Gasteiger partial charge in [-0.05, 0) is 31.5 Å². The maximum atomic E-state index is 13.1. The van der Waals surface area contributed by atoms with Gasteiger partial charge in [-0.15, -0.1) is 0 Å². The number of rotatable bonds is 5. The lowest BCUT2D eigenvalue weighted by Crippen LogP contribution is -2.57. The SMILES string of the molecule is COc1ccc2c(CN3CCN(S(=O)(=O)N4CC(C)OC(C)C4)CC3)cc(=O)oc2c1. The van der Waals surface area contributed by atoms with Gasteiger partial charge in [-0.3, -0.25) is 4.90 Å². The Morgan fingerprint density at radius 1 is 1.03 bits per heavy atom. The first-order valence-electron chi connectivity index (χ1n) is 10.5. The van der Waals surface area contributed by atoms with E-state index in [0.29, 0.717) is 57.1 Å². The fraction of sp³-hybridized carbons (Fsp3) is 0.571. The number of methoxy groups -OCH3 is 1. The van der Waals surface area contributed by atoms with E-state index in [9.17, 15) is 13.2 Å². The van der Waals surface area contributed by atoms with Crippen LogP contribution in [0.5, 0.6) is 5.75 Å². The first-order valence-corrected chi connectivity index (χ1v) is 11.9. The molecule has 0 bridgehead atoms. The van der Waals surface area contributed by atoms with Crippen LogP contribution >= 0.6 is 0 Å². The first-order chi connectivity index (χ1) is 14.8. The molecule has 4 rings (SSSR count). The van der Waals surface area contributed by atoms with Crippen molar-refractivity contribution in [1.29, 1.82) is 0 Å². The first kappa shape index (κ1) is 22.2. The van der Waals surface area contributed by atoms with Crippen LogP contribution in [-0.2, 0) is 21.5 Å².